The highest BCUT2D eigenvalue weighted by Gasteiger charge is 2.19. The smallest absolute Gasteiger partial charge is 0.308 e. The molecule has 1 aromatic heterocycles. The average Bonchev–Trinajstić information content (AvgIpc) is 2.63. The van der Waals surface area contributed by atoms with Crippen molar-refractivity contribution in [2.24, 2.45) is 5.92 Å². The minimum atomic E-state index is -0.878. The number of amides is 1. The van der Waals surface area contributed by atoms with Gasteiger partial charge in [0.15, 0.2) is 0 Å². The van der Waals surface area contributed by atoms with E-state index in [0.29, 0.717) is 23.5 Å². The molecule has 5 nitrogen and oxygen atoms in total. The van der Waals surface area contributed by atoms with Gasteiger partial charge in [0.1, 0.15) is 11.5 Å². The third-order valence-electron chi connectivity index (χ3n) is 2.78. The Morgan fingerprint density at radius 2 is 2.11 bits per heavy atom. The first-order valence-corrected chi connectivity index (χ1v) is 6.03. The second-order valence-electron chi connectivity index (χ2n) is 4.36. The zero-order chi connectivity index (χ0) is 13.7. The number of carboxylic acid groups (broad SMARTS) is 1. The minimum absolute atomic E-state index is 0.145. The number of rotatable bonds is 6. The van der Waals surface area contributed by atoms with Crippen molar-refractivity contribution >= 4 is 11.9 Å². The van der Waals surface area contributed by atoms with Crippen LogP contribution in [-0.2, 0) is 4.79 Å². The van der Waals surface area contributed by atoms with Crippen LogP contribution >= 0.6 is 0 Å². The Morgan fingerprint density at radius 1 is 1.44 bits per heavy atom. The van der Waals surface area contributed by atoms with E-state index in [9.17, 15) is 9.59 Å². The monoisotopic (exact) mass is 253 g/mol. The van der Waals surface area contributed by atoms with E-state index >= 15 is 0 Å². The Morgan fingerprint density at radius 3 is 2.56 bits per heavy atom. The molecule has 0 aliphatic rings. The highest BCUT2D eigenvalue weighted by Crippen LogP contribution is 2.13. The lowest BCUT2D eigenvalue weighted by Gasteiger charge is -2.11. The van der Waals surface area contributed by atoms with E-state index in [1.165, 1.54) is 0 Å². The first-order valence-electron chi connectivity index (χ1n) is 6.03. The summed E-state index contributed by atoms with van der Waals surface area (Å²) in [6.45, 7) is 5.54. The van der Waals surface area contributed by atoms with Gasteiger partial charge in [0.2, 0.25) is 0 Å². The summed E-state index contributed by atoms with van der Waals surface area (Å²) in [6, 6.07) is 1.65. The summed E-state index contributed by atoms with van der Waals surface area (Å²) in [5.74, 6) is -0.482. The van der Waals surface area contributed by atoms with Crippen LogP contribution in [0.5, 0.6) is 0 Å². The first-order chi connectivity index (χ1) is 8.45. The molecule has 1 aromatic rings. The standard InChI is InChI=1S/C13H19NO4/c1-4-5-10(13(16)17)7-14-12(15)11-6-8(2)18-9(11)3/h6,10H,4-5,7H2,1-3H3,(H,14,15)(H,16,17). The van der Waals surface area contributed by atoms with E-state index in [2.05, 4.69) is 5.32 Å². The molecule has 0 aliphatic carbocycles. The van der Waals surface area contributed by atoms with Crippen molar-refractivity contribution in [2.45, 2.75) is 33.6 Å². The van der Waals surface area contributed by atoms with E-state index in [-0.39, 0.29) is 12.5 Å². The number of carbonyl (C=O) groups excluding carboxylic acids is 1. The molecule has 1 unspecified atom stereocenters. The molecule has 2 N–H and O–H groups in total. The quantitative estimate of drug-likeness (QED) is 0.813. The molecule has 0 aromatic carbocycles. The third kappa shape index (κ3) is 3.61. The molecule has 0 saturated carbocycles. The lowest BCUT2D eigenvalue weighted by atomic mass is 10.0. The number of hydrogen-bond acceptors (Lipinski definition) is 3. The van der Waals surface area contributed by atoms with Crippen LogP contribution in [0.1, 0.15) is 41.6 Å². The van der Waals surface area contributed by atoms with E-state index in [1.807, 2.05) is 6.92 Å². The normalized spacial score (nSPS) is 12.2. The van der Waals surface area contributed by atoms with Crippen molar-refractivity contribution in [3.8, 4) is 0 Å². The van der Waals surface area contributed by atoms with Crippen LogP contribution in [0.2, 0.25) is 0 Å². The van der Waals surface area contributed by atoms with Crippen LogP contribution in [0.3, 0.4) is 0 Å². The summed E-state index contributed by atoms with van der Waals surface area (Å²) < 4.78 is 5.26. The maximum atomic E-state index is 11.8. The van der Waals surface area contributed by atoms with Gasteiger partial charge in [0.25, 0.3) is 5.91 Å². The Kier molecular flexibility index (Phi) is 4.95. The fourth-order valence-corrected chi connectivity index (χ4v) is 1.83. The summed E-state index contributed by atoms with van der Waals surface area (Å²) in [4.78, 5) is 22.8. The largest absolute Gasteiger partial charge is 0.481 e. The fourth-order valence-electron chi connectivity index (χ4n) is 1.83. The molecule has 5 heteroatoms. The van der Waals surface area contributed by atoms with Crippen LogP contribution in [0, 0.1) is 19.8 Å². The molecule has 1 amide bonds. The van der Waals surface area contributed by atoms with Crippen molar-refractivity contribution in [2.75, 3.05) is 6.54 Å². The Hall–Kier alpha value is -1.78. The van der Waals surface area contributed by atoms with Gasteiger partial charge in [-0.1, -0.05) is 13.3 Å². The summed E-state index contributed by atoms with van der Waals surface area (Å²) in [7, 11) is 0. The maximum Gasteiger partial charge on any atom is 0.308 e. The molecule has 100 valence electrons. The number of hydrogen-bond donors (Lipinski definition) is 2. The highest BCUT2D eigenvalue weighted by molar-refractivity contribution is 5.95. The van der Waals surface area contributed by atoms with Gasteiger partial charge in [0, 0.05) is 6.54 Å². The van der Waals surface area contributed by atoms with Gasteiger partial charge >= 0.3 is 5.97 Å². The van der Waals surface area contributed by atoms with Crippen LogP contribution in [-0.4, -0.2) is 23.5 Å². The van der Waals surface area contributed by atoms with Crippen molar-refractivity contribution in [3.05, 3.63) is 23.2 Å². The highest BCUT2D eigenvalue weighted by atomic mass is 16.4. The number of aryl methyl sites for hydroxylation is 2. The molecular weight excluding hydrogens is 234 g/mol. The molecular formula is C13H19NO4. The average molecular weight is 253 g/mol. The van der Waals surface area contributed by atoms with Crippen LogP contribution in [0.25, 0.3) is 0 Å². The van der Waals surface area contributed by atoms with Gasteiger partial charge in [-0.05, 0) is 26.3 Å². The van der Waals surface area contributed by atoms with Gasteiger partial charge in [-0.25, -0.2) is 0 Å². The van der Waals surface area contributed by atoms with Crippen LogP contribution < -0.4 is 5.32 Å². The Balaban J connectivity index is 2.60. The van der Waals surface area contributed by atoms with Gasteiger partial charge in [-0.3, -0.25) is 9.59 Å². The second-order valence-corrected chi connectivity index (χ2v) is 4.36. The fraction of sp³-hybridized carbons (Fsp3) is 0.538. The second kappa shape index (κ2) is 6.23. The Labute approximate surface area is 106 Å². The number of carboxylic acids is 1. The predicted molar refractivity (Wildman–Crippen MR) is 66.5 cm³/mol. The topological polar surface area (TPSA) is 79.5 Å². The SMILES string of the molecule is CCCC(CNC(=O)c1cc(C)oc1C)C(=O)O. The molecule has 0 spiro atoms. The summed E-state index contributed by atoms with van der Waals surface area (Å²) >= 11 is 0. The van der Waals surface area contributed by atoms with Crippen LogP contribution in [0.15, 0.2) is 10.5 Å². The molecule has 1 heterocycles. The van der Waals surface area contributed by atoms with Gasteiger partial charge in [-0.2, -0.15) is 0 Å². The molecule has 0 saturated heterocycles. The molecule has 0 bridgehead atoms. The number of nitrogens with one attached hydrogen (secondary N) is 1. The van der Waals surface area contributed by atoms with Gasteiger partial charge < -0.3 is 14.8 Å². The minimum Gasteiger partial charge on any atom is -0.481 e. The molecule has 18 heavy (non-hydrogen) atoms. The predicted octanol–water partition coefficient (Wildman–Crippen LogP) is 2.13. The summed E-state index contributed by atoms with van der Waals surface area (Å²) in [5, 5.41) is 11.6. The van der Waals surface area contributed by atoms with E-state index in [4.69, 9.17) is 9.52 Å². The molecule has 0 fully saturated rings. The van der Waals surface area contributed by atoms with Crippen molar-refractivity contribution < 1.29 is 19.1 Å². The zero-order valence-corrected chi connectivity index (χ0v) is 10.9. The molecule has 0 radical (unpaired) electrons. The third-order valence-corrected chi connectivity index (χ3v) is 2.78. The number of aliphatic carboxylic acids is 1. The van der Waals surface area contributed by atoms with Crippen molar-refractivity contribution in [1.82, 2.24) is 5.32 Å². The Bertz CT molecular complexity index is 436. The molecule has 1 atom stereocenters. The number of furan rings is 1. The molecule has 1 rings (SSSR count). The first kappa shape index (κ1) is 14.3. The zero-order valence-electron chi connectivity index (χ0n) is 10.9. The lowest BCUT2D eigenvalue weighted by molar-refractivity contribution is -0.141. The maximum absolute atomic E-state index is 11.8. The van der Waals surface area contributed by atoms with Gasteiger partial charge in [0.05, 0.1) is 11.5 Å². The van der Waals surface area contributed by atoms with Crippen molar-refractivity contribution in [3.63, 3.8) is 0 Å². The summed E-state index contributed by atoms with van der Waals surface area (Å²) in [6.07, 6.45) is 1.33. The van der Waals surface area contributed by atoms with E-state index < -0.39 is 11.9 Å². The van der Waals surface area contributed by atoms with E-state index in [1.54, 1.807) is 19.9 Å². The van der Waals surface area contributed by atoms with E-state index in [0.717, 1.165) is 6.42 Å². The number of carbonyl (C=O) groups is 2. The van der Waals surface area contributed by atoms with Gasteiger partial charge in [-0.15, -0.1) is 0 Å². The van der Waals surface area contributed by atoms with Crippen LogP contribution in [0.4, 0.5) is 0 Å². The lowest BCUT2D eigenvalue weighted by Crippen LogP contribution is -2.33. The molecule has 0 aliphatic heterocycles. The summed E-state index contributed by atoms with van der Waals surface area (Å²) in [5.41, 5.74) is 0.466. The van der Waals surface area contributed by atoms with Crippen molar-refractivity contribution in [1.29, 1.82) is 0 Å².